The molecule has 2 N–H and O–H groups in total. The summed E-state index contributed by atoms with van der Waals surface area (Å²) in [5.41, 5.74) is 9.40. The van der Waals surface area contributed by atoms with E-state index in [0.717, 1.165) is 5.69 Å². The van der Waals surface area contributed by atoms with Gasteiger partial charge < -0.3 is 5.32 Å². The minimum absolute atomic E-state index is 0.0176. The number of anilines is 1. The molecule has 0 saturated heterocycles. The van der Waals surface area contributed by atoms with Crippen molar-refractivity contribution in [2.24, 2.45) is 11.8 Å². The molecule has 0 spiro atoms. The van der Waals surface area contributed by atoms with Gasteiger partial charge in [0.1, 0.15) is 0 Å². The van der Waals surface area contributed by atoms with Crippen LogP contribution in [-0.4, -0.2) is 12.1 Å². The summed E-state index contributed by atoms with van der Waals surface area (Å²) in [6.45, 7) is 4.46. The third kappa shape index (κ3) is 2.38. The van der Waals surface area contributed by atoms with Crippen LogP contribution >= 0.6 is 0 Å². The molecule has 0 amide bonds. The minimum atomic E-state index is 0.0176. The van der Waals surface area contributed by atoms with Gasteiger partial charge in [0, 0.05) is 17.8 Å². The van der Waals surface area contributed by atoms with Crippen LogP contribution in [0.1, 0.15) is 26.7 Å². The molecule has 1 aromatic rings. The quantitative estimate of drug-likeness (QED) is 0.811. The van der Waals surface area contributed by atoms with E-state index in [1.165, 1.54) is 12.8 Å². The molecule has 16 heavy (non-hydrogen) atoms. The zero-order valence-electron chi connectivity index (χ0n) is 10.1. The summed E-state index contributed by atoms with van der Waals surface area (Å²) in [5, 5.41) is 3.52. The average Bonchev–Trinajstić information content (AvgIpc) is 2.31. The second-order valence-corrected chi connectivity index (χ2v) is 5.09. The van der Waals surface area contributed by atoms with Crippen LogP contribution in [0.5, 0.6) is 0 Å². The molecule has 1 radical (unpaired) electrons. The molecular formula is C14H21N2. The van der Waals surface area contributed by atoms with E-state index in [4.69, 9.17) is 5.73 Å². The fraction of sp³-hybridized carbons (Fsp3) is 0.571. The minimum Gasteiger partial charge on any atom is -0.380 e. The van der Waals surface area contributed by atoms with Crippen molar-refractivity contribution in [3.8, 4) is 0 Å². The van der Waals surface area contributed by atoms with Gasteiger partial charge in [-0.05, 0) is 36.8 Å². The molecule has 2 rings (SSSR count). The third-order valence-electron chi connectivity index (χ3n) is 3.80. The molecule has 1 aromatic carbocycles. The molecule has 4 unspecified atom stereocenters. The Kier molecular flexibility index (Phi) is 3.49. The zero-order valence-corrected chi connectivity index (χ0v) is 10.1. The fourth-order valence-electron chi connectivity index (χ4n) is 2.55. The summed E-state index contributed by atoms with van der Waals surface area (Å²) < 4.78 is 0. The van der Waals surface area contributed by atoms with Gasteiger partial charge >= 0.3 is 0 Å². The molecule has 0 aromatic heterocycles. The lowest BCUT2D eigenvalue weighted by Crippen LogP contribution is -2.47. The first-order valence-electron chi connectivity index (χ1n) is 6.21. The second-order valence-electron chi connectivity index (χ2n) is 5.09. The van der Waals surface area contributed by atoms with Crippen molar-refractivity contribution >= 4 is 5.69 Å². The topological polar surface area (TPSA) is 35.8 Å². The first-order valence-corrected chi connectivity index (χ1v) is 6.21. The van der Waals surface area contributed by atoms with Gasteiger partial charge in [0.15, 0.2) is 0 Å². The molecule has 4 atom stereocenters. The van der Waals surface area contributed by atoms with Gasteiger partial charge in [0.2, 0.25) is 0 Å². The fourth-order valence-corrected chi connectivity index (χ4v) is 2.55. The van der Waals surface area contributed by atoms with E-state index >= 15 is 0 Å². The van der Waals surface area contributed by atoms with Crippen molar-refractivity contribution in [1.29, 1.82) is 0 Å². The second kappa shape index (κ2) is 4.88. The molecule has 0 aliphatic heterocycles. The summed E-state index contributed by atoms with van der Waals surface area (Å²) in [4.78, 5) is 0. The molecule has 2 nitrogen and oxygen atoms in total. The lowest BCUT2D eigenvalue weighted by atomic mass is 9.76. The lowest BCUT2D eigenvalue weighted by Gasteiger charge is -2.39. The van der Waals surface area contributed by atoms with E-state index in [1.807, 2.05) is 18.2 Å². The first-order chi connectivity index (χ1) is 7.68. The number of rotatable bonds is 2. The summed E-state index contributed by atoms with van der Waals surface area (Å²) in [6.07, 6.45) is 2.43. The van der Waals surface area contributed by atoms with Gasteiger partial charge in [0.25, 0.3) is 0 Å². The Morgan fingerprint density at radius 1 is 1.06 bits per heavy atom. The SMILES string of the molecule is CC1CCC(C)C(Nc2ccccc2)C1[NH]. The summed E-state index contributed by atoms with van der Waals surface area (Å²) in [6, 6.07) is 10.6. The highest BCUT2D eigenvalue weighted by Crippen LogP contribution is 2.30. The van der Waals surface area contributed by atoms with E-state index in [9.17, 15) is 0 Å². The largest absolute Gasteiger partial charge is 0.380 e. The monoisotopic (exact) mass is 217 g/mol. The van der Waals surface area contributed by atoms with Crippen molar-refractivity contribution in [1.82, 2.24) is 5.73 Å². The molecule has 0 bridgehead atoms. The number of hydrogen-bond acceptors (Lipinski definition) is 1. The van der Waals surface area contributed by atoms with E-state index in [1.54, 1.807) is 0 Å². The third-order valence-corrected chi connectivity index (χ3v) is 3.80. The molecule has 87 valence electrons. The average molecular weight is 217 g/mol. The van der Waals surface area contributed by atoms with E-state index in [-0.39, 0.29) is 6.04 Å². The molecule has 1 saturated carbocycles. The highest BCUT2D eigenvalue weighted by atomic mass is 15.0. The normalized spacial score (nSPS) is 34.7. The van der Waals surface area contributed by atoms with Crippen LogP contribution in [0.4, 0.5) is 5.69 Å². The van der Waals surface area contributed by atoms with Gasteiger partial charge in [-0.2, -0.15) is 0 Å². The Hall–Kier alpha value is -1.02. The van der Waals surface area contributed by atoms with Crippen molar-refractivity contribution < 1.29 is 0 Å². The Labute approximate surface area is 98.2 Å². The van der Waals surface area contributed by atoms with Crippen molar-refractivity contribution in [2.75, 3.05) is 5.32 Å². The van der Waals surface area contributed by atoms with Gasteiger partial charge in [-0.15, -0.1) is 0 Å². The number of para-hydroxylation sites is 1. The van der Waals surface area contributed by atoms with Crippen LogP contribution in [0.15, 0.2) is 30.3 Å². The Morgan fingerprint density at radius 2 is 1.69 bits per heavy atom. The molecule has 0 heterocycles. The summed E-state index contributed by atoms with van der Waals surface area (Å²) >= 11 is 0. The highest BCUT2D eigenvalue weighted by molar-refractivity contribution is 5.44. The maximum absolute atomic E-state index is 8.25. The summed E-state index contributed by atoms with van der Waals surface area (Å²) in [5.74, 6) is 1.11. The number of benzene rings is 1. The number of hydrogen-bond donors (Lipinski definition) is 1. The maximum atomic E-state index is 8.25. The van der Waals surface area contributed by atoms with Crippen LogP contribution < -0.4 is 11.1 Å². The van der Waals surface area contributed by atoms with Crippen molar-refractivity contribution in [2.45, 2.75) is 38.8 Å². The predicted octanol–water partition coefficient (Wildman–Crippen LogP) is 3.18. The van der Waals surface area contributed by atoms with E-state index in [0.29, 0.717) is 17.9 Å². The van der Waals surface area contributed by atoms with Crippen molar-refractivity contribution in [3.63, 3.8) is 0 Å². The van der Waals surface area contributed by atoms with Crippen LogP contribution in [0, 0.1) is 11.8 Å². The van der Waals surface area contributed by atoms with Crippen LogP contribution in [0.2, 0.25) is 0 Å². The standard InChI is InChI=1S/C14H21N2/c1-10-8-9-11(2)14(13(10)15)16-12-6-4-3-5-7-12/h3-7,10-11,13-16H,8-9H2,1-2H3. The molecule has 2 heteroatoms. The molecule has 1 fully saturated rings. The van der Waals surface area contributed by atoms with E-state index in [2.05, 4.69) is 31.3 Å². The molecular weight excluding hydrogens is 196 g/mol. The highest BCUT2D eigenvalue weighted by Gasteiger charge is 2.33. The Balaban J connectivity index is 2.07. The van der Waals surface area contributed by atoms with Gasteiger partial charge in [0.05, 0.1) is 0 Å². The predicted molar refractivity (Wildman–Crippen MR) is 68.3 cm³/mol. The van der Waals surface area contributed by atoms with Crippen LogP contribution in [-0.2, 0) is 0 Å². The van der Waals surface area contributed by atoms with Crippen LogP contribution in [0.25, 0.3) is 0 Å². The van der Waals surface area contributed by atoms with Gasteiger partial charge in [-0.1, -0.05) is 32.0 Å². The van der Waals surface area contributed by atoms with Gasteiger partial charge in [-0.25, -0.2) is 0 Å². The Morgan fingerprint density at radius 3 is 2.38 bits per heavy atom. The Bertz CT molecular complexity index is 323. The van der Waals surface area contributed by atoms with E-state index < -0.39 is 0 Å². The molecule has 1 aliphatic carbocycles. The number of nitrogens with one attached hydrogen (secondary N) is 2. The van der Waals surface area contributed by atoms with Gasteiger partial charge in [-0.3, -0.25) is 5.73 Å². The zero-order chi connectivity index (χ0) is 11.5. The maximum Gasteiger partial charge on any atom is 0.0456 e. The smallest absolute Gasteiger partial charge is 0.0456 e. The molecule has 1 aliphatic rings. The lowest BCUT2D eigenvalue weighted by molar-refractivity contribution is 0.235. The summed E-state index contributed by atoms with van der Waals surface area (Å²) in [7, 11) is 0. The van der Waals surface area contributed by atoms with Crippen molar-refractivity contribution in [3.05, 3.63) is 30.3 Å². The first kappa shape index (κ1) is 11.5. The van der Waals surface area contributed by atoms with Crippen LogP contribution in [0.3, 0.4) is 0 Å².